The maximum Gasteiger partial charge on any atom is 0.312 e. The zero-order valence-electron chi connectivity index (χ0n) is 23.0. The zero-order valence-corrected chi connectivity index (χ0v) is 23.8. The van der Waals surface area contributed by atoms with Gasteiger partial charge in [0.15, 0.2) is 11.7 Å². The van der Waals surface area contributed by atoms with Crippen LogP contribution in [0.5, 0.6) is 0 Å². The summed E-state index contributed by atoms with van der Waals surface area (Å²) in [6.45, 7) is 13.4. The predicted octanol–water partition coefficient (Wildman–Crippen LogP) is 2.63. The Kier molecular flexibility index (Phi) is 7.97. The number of carbonyl (C=O) groups is 4. The van der Waals surface area contributed by atoms with E-state index in [0.29, 0.717) is 12.0 Å². The first-order chi connectivity index (χ1) is 18.2. The van der Waals surface area contributed by atoms with Crippen molar-refractivity contribution < 1.29 is 48.0 Å². The van der Waals surface area contributed by atoms with Gasteiger partial charge in [0.1, 0.15) is 24.4 Å². The molecule has 0 unspecified atom stereocenters. The Hall–Kier alpha value is -2.43. The molecule has 0 aromatic rings. The van der Waals surface area contributed by atoms with Gasteiger partial charge in [0.05, 0.1) is 17.4 Å². The highest BCUT2D eigenvalue weighted by Gasteiger charge is 2.75. The van der Waals surface area contributed by atoms with Crippen LogP contribution in [0.1, 0.15) is 54.4 Å². The smallest absolute Gasteiger partial charge is 0.312 e. The maximum absolute atomic E-state index is 12.9. The minimum atomic E-state index is -2.11. The van der Waals surface area contributed by atoms with Crippen molar-refractivity contribution in [1.82, 2.24) is 0 Å². The molecule has 0 spiro atoms. The molecule has 4 rings (SSSR count). The highest BCUT2D eigenvalue weighted by atomic mass is 35.5. The summed E-state index contributed by atoms with van der Waals surface area (Å²) in [5.41, 5.74) is -2.91. The lowest BCUT2D eigenvalue weighted by Gasteiger charge is -2.54. The number of ether oxygens (including phenoxy) is 5. The van der Waals surface area contributed by atoms with Gasteiger partial charge in [-0.05, 0) is 25.0 Å². The third-order valence-electron chi connectivity index (χ3n) is 8.82. The average Bonchev–Trinajstić information content (AvgIpc) is 3.62. The van der Waals surface area contributed by atoms with Crippen molar-refractivity contribution in [3.8, 4) is 0 Å². The van der Waals surface area contributed by atoms with E-state index in [0.717, 1.165) is 0 Å². The molecule has 216 valence electrons. The Morgan fingerprint density at radius 3 is 2.36 bits per heavy atom. The van der Waals surface area contributed by atoms with Crippen LogP contribution in [-0.2, 0) is 42.9 Å². The molecular formula is C28H37ClO10. The fourth-order valence-electron chi connectivity index (χ4n) is 6.82. The van der Waals surface area contributed by atoms with Gasteiger partial charge in [0.25, 0.3) is 0 Å². The molecule has 4 aliphatic rings. The summed E-state index contributed by atoms with van der Waals surface area (Å²) in [7, 11) is 0. The van der Waals surface area contributed by atoms with Crippen molar-refractivity contribution in [1.29, 1.82) is 0 Å². The van der Waals surface area contributed by atoms with E-state index in [1.807, 2.05) is 13.8 Å². The van der Waals surface area contributed by atoms with Crippen molar-refractivity contribution in [2.75, 3.05) is 0 Å². The number of alkyl halides is 1. The number of esters is 4. The molecule has 0 radical (unpaired) electrons. The van der Waals surface area contributed by atoms with E-state index in [2.05, 4.69) is 6.58 Å². The number of halogens is 1. The quantitative estimate of drug-likeness (QED) is 0.228. The molecule has 10 nitrogen and oxygen atoms in total. The summed E-state index contributed by atoms with van der Waals surface area (Å²) in [5, 5.41) is 11.3. The number of epoxide rings is 1. The van der Waals surface area contributed by atoms with E-state index in [1.165, 1.54) is 20.8 Å². The van der Waals surface area contributed by atoms with Crippen LogP contribution in [0.25, 0.3) is 0 Å². The zero-order chi connectivity index (χ0) is 29.0. The molecule has 2 aliphatic heterocycles. The fourth-order valence-corrected chi connectivity index (χ4v) is 7.15. The first-order valence-corrected chi connectivity index (χ1v) is 13.8. The Bertz CT molecular complexity index is 1090. The SMILES string of the molecule is C=C1/C=C\[C@H](OC(=O)CCC)[C@]2(C)[C@H]([C@@H](C)[C@H](OC(C)=O)[C@@H]3O[C@@H]32)[C@H](OC(C)=O)[C@]2(O)[C@@H](C)C(=O)O[C@H]2[C@@H]1Cl. The molecule has 3 fully saturated rings. The van der Waals surface area contributed by atoms with Crippen molar-refractivity contribution in [3.05, 3.63) is 24.3 Å². The maximum atomic E-state index is 12.9. The van der Waals surface area contributed by atoms with Gasteiger partial charge in [-0.15, -0.1) is 11.6 Å². The highest BCUT2D eigenvalue weighted by Crippen LogP contribution is 2.62. The fraction of sp³-hybridized carbons (Fsp3) is 0.714. The molecule has 1 saturated carbocycles. The van der Waals surface area contributed by atoms with Crippen LogP contribution in [0.2, 0.25) is 0 Å². The van der Waals surface area contributed by atoms with Crippen molar-refractivity contribution in [2.24, 2.45) is 23.2 Å². The summed E-state index contributed by atoms with van der Waals surface area (Å²) in [4.78, 5) is 50.4. The molecule has 0 aromatic carbocycles. The Morgan fingerprint density at radius 1 is 1.13 bits per heavy atom. The Balaban J connectivity index is 1.98. The van der Waals surface area contributed by atoms with Gasteiger partial charge in [-0.25, -0.2) is 0 Å². The molecule has 0 amide bonds. The minimum Gasteiger partial charge on any atom is -0.459 e. The van der Waals surface area contributed by atoms with Crippen LogP contribution in [0, 0.1) is 23.2 Å². The molecular weight excluding hydrogens is 532 g/mol. The molecule has 0 bridgehead atoms. The molecule has 39 heavy (non-hydrogen) atoms. The molecule has 2 aliphatic carbocycles. The van der Waals surface area contributed by atoms with Gasteiger partial charge in [0.2, 0.25) is 0 Å². The van der Waals surface area contributed by atoms with Crippen LogP contribution < -0.4 is 0 Å². The molecule has 11 heteroatoms. The van der Waals surface area contributed by atoms with Crippen LogP contribution in [0.3, 0.4) is 0 Å². The first kappa shape index (κ1) is 29.6. The number of hydrogen-bond donors (Lipinski definition) is 1. The summed E-state index contributed by atoms with van der Waals surface area (Å²) in [6.07, 6.45) is -1.51. The third-order valence-corrected chi connectivity index (χ3v) is 9.33. The van der Waals surface area contributed by atoms with E-state index in [1.54, 1.807) is 19.1 Å². The number of carbonyl (C=O) groups excluding carboxylic acids is 4. The van der Waals surface area contributed by atoms with E-state index < -0.39 is 94.6 Å². The number of rotatable bonds is 5. The monoisotopic (exact) mass is 568 g/mol. The normalized spacial score (nSPS) is 45.5. The van der Waals surface area contributed by atoms with Crippen LogP contribution in [0.4, 0.5) is 0 Å². The lowest BCUT2D eigenvalue weighted by atomic mass is 9.54. The second-order valence-corrected chi connectivity index (χ2v) is 11.8. The lowest BCUT2D eigenvalue weighted by Crippen LogP contribution is -2.68. The molecule has 2 heterocycles. The van der Waals surface area contributed by atoms with E-state index in [4.69, 9.17) is 35.3 Å². The largest absolute Gasteiger partial charge is 0.459 e. The van der Waals surface area contributed by atoms with Gasteiger partial charge in [-0.2, -0.15) is 0 Å². The molecule has 0 aromatic heterocycles. The van der Waals surface area contributed by atoms with Gasteiger partial charge < -0.3 is 28.8 Å². The number of hydrogen-bond acceptors (Lipinski definition) is 10. The standard InChI is InChI=1S/C28H37ClO10/c1-8-9-18(32)37-17-11-10-12(2)20(29)24-28(34,14(4)26(33)39-24)23(36-16(6)31)19-13(3)21(35-15(5)30)22-25(38-22)27(17,19)7/h10-11,13-14,17,19-25,34H,2,8-9H2,1,3-7H3/b11-10-/t13-,14+,17+,19-,20-,21+,22+,23+,24+,25+,27-,28-/m1/s1. The summed E-state index contributed by atoms with van der Waals surface area (Å²) >= 11 is 6.75. The third kappa shape index (κ3) is 4.78. The van der Waals surface area contributed by atoms with E-state index in [-0.39, 0.29) is 6.42 Å². The Morgan fingerprint density at radius 2 is 1.77 bits per heavy atom. The number of allylic oxidation sites excluding steroid dienone is 1. The van der Waals surface area contributed by atoms with Gasteiger partial charge in [0, 0.05) is 37.5 Å². The molecule has 2 saturated heterocycles. The van der Waals surface area contributed by atoms with Crippen LogP contribution in [-0.4, -0.2) is 76.6 Å². The van der Waals surface area contributed by atoms with Crippen LogP contribution >= 0.6 is 11.6 Å². The predicted molar refractivity (Wildman–Crippen MR) is 137 cm³/mol. The second-order valence-electron chi connectivity index (χ2n) is 11.3. The number of fused-ring (bicyclic) bond motifs is 4. The number of aliphatic hydroxyl groups is 1. The summed E-state index contributed by atoms with van der Waals surface area (Å²) in [5.74, 6) is -4.98. The first-order valence-electron chi connectivity index (χ1n) is 13.3. The lowest BCUT2D eigenvalue weighted by molar-refractivity contribution is -0.222. The van der Waals surface area contributed by atoms with Gasteiger partial charge in [-0.3, -0.25) is 19.2 Å². The van der Waals surface area contributed by atoms with Crippen molar-refractivity contribution >= 4 is 35.5 Å². The molecule has 1 N–H and O–H groups in total. The highest BCUT2D eigenvalue weighted by molar-refractivity contribution is 6.23. The summed E-state index contributed by atoms with van der Waals surface area (Å²) in [6, 6.07) is 0. The van der Waals surface area contributed by atoms with E-state index in [9.17, 15) is 24.3 Å². The second kappa shape index (κ2) is 10.5. The topological polar surface area (TPSA) is 138 Å². The molecule has 12 atom stereocenters. The Labute approximate surface area is 233 Å². The van der Waals surface area contributed by atoms with Crippen molar-refractivity contribution in [3.63, 3.8) is 0 Å². The van der Waals surface area contributed by atoms with Crippen LogP contribution in [0.15, 0.2) is 24.3 Å². The average molecular weight is 569 g/mol. The van der Waals surface area contributed by atoms with Crippen molar-refractivity contribution in [2.45, 2.75) is 102 Å². The van der Waals surface area contributed by atoms with E-state index >= 15 is 0 Å². The van der Waals surface area contributed by atoms with Gasteiger partial charge >= 0.3 is 23.9 Å². The minimum absolute atomic E-state index is 0.170. The summed E-state index contributed by atoms with van der Waals surface area (Å²) < 4.78 is 29.3. The van der Waals surface area contributed by atoms with Gasteiger partial charge in [-0.1, -0.05) is 33.4 Å².